The number of aromatic nitrogens is 3. The smallest absolute Gasteiger partial charge is 0.142 e. The number of hydrogen-bond acceptors (Lipinski definition) is 5. The van der Waals surface area contributed by atoms with Crippen molar-refractivity contribution in [3.8, 4) is 11.8 Å². The van der Waals surface area contributed by atoms with Crippen LogP contribution in [0, 0.1) is 11.8 Å². The molecule has 0 aromatic carbocycles. The van der Waals surface area contributed by atoms with Gasteiger partial charge in [0, 0.05) is 38.8 Å². The molecule has 2 aromatic heterocycles. The van der Waals surface area contributed by atoms with Crippen LogP contribution in [0.4, 0.5) is 5.82 Å². The zero-order valence-corrected chi connectivity index (χ0v) is 12.8. The molecule has 2 aromatic rings. The summed E-state index contributed by atoms with van der Waals surface area (Å²) in [5, 5.41) is 11.3. The number of nitrogens with one attached hydrogen (secondary N) is 1. The summed E-state index contributed by atoms with van der Waals surface area (Å²) in [4.78, 5) is 16.1. The molecule has 0 bridgehead atoms. The molecule has 0 spiro atoms. The Morgan fingerprint density at radius 3 is 3.09 bits per heavy atom. The number of aromatic amines is 1. The van der Waals surface area contributed by atoms with Crippen molar-refractivity contribution in [1.29, 1.82) is 0 Å². The molecule has 1 fully saturated rings. The van der Waals surface area contributed by atoms with Crippen LogP contribution >= 0.6 is 0 Å². The first-order chi connectivity index (χ1) is 10.8. The Morgan fingerprint density at radius 2 is 2.23 bits per heavy atom. The van der Waals surface area contributed by atoms with Gasteiger partial charge in [-0.25, -0.2) is 9.97 Å². The minimum Gasteiger partial charge on any atom is -0.390 e. The van der Waals surface area contributed by atoms with Crippen molar-refractivity contribution in [2.24, 2.45) is 0 Å². The largest absolute Gasteiger partial charge is 0.390 e. The number of aliphatic hydroxyl groups is 1. The van der Waals surface area contributed by atoms with Crippen molar-refractivity contribution >= 4 is 16.9 Å². The summed E-state index contributed by atoms with van der Waals surface area (Å²) in [5.74, 6) is 7.11. The highest BCUT2D eigenvalue weighted by atomic mass is 16.3. The highest BCUT2D eigenvalue weighted by molar-refractivity contribution is 5.87. The highest BCUT2D eigenvalue weighted by Gasteiger charge is 2.23. The first-order valence-corrected chi connectivity index (χ1v) is 7.67. The third-order valence-corrected chi connectivity index (χ3v) is 3.82. The second-order valence-electron chi connectivity index (χ2n) is 5.48. The minimum absolute atomic E-state index is 0.408. The fraction of sp³-hybridized carbons (Fsp3) is 0.500. The van der Waals surface area contributed by atoms with Crippen molar-refractivity contribution in [1.82, 2.24) is 19.9 Å². The number of rotatable bonds is 2. The summed E-state index contributed by atoms with van der Waals surface area (Å²) in [5.41, 5.74) is 0.828. The van der Waals surface area contributed by atoms with Gasteiger partial charge in [-0.1, -0.05) is 12.8 Å². The average molecular weight is 299 g/mol. The van der Waals surface area contributed by atoms with E-state index in [4.69, 9.17) is 0 Å². The topological polar surface area (TPSA) is 68.3 Å². The van der Waals surface area contributed by atoms with Crippen molar-refractivity contribution in [3.63, 3.8) is 0 Å². The predicted molar refractivity (Wildman–Crippen MR) is 86.6 cm³/mol. The third kappa shape index (κ3) is 3.21. The molecule has 6 heteroatoms. The number of H-pyrrole nitrogens is 1. The van der Waals surface area contributed by atoms with E-state index in [0.29, 0.717) is 19.6 Å². The van der Waals surface area contributed by atoms with Gasteiger partial charge in [0.1, 0.15) is 17.8 Å². The number of fused-ring (bicyclic) bond motifs is 1. The molecule has 22 heavy (non-hydrogen) atoms. The number of β-amino-alcohol motifs (C(OH)–C–C–N with tert-alkyl or cyclic N) is 1. The van der Waals surface area contributed by atoms with Crippen LogP contribution in [0.1, 0.15) is 13.3 Å². The van der Waals surface area contributed by atoms with Gasteiger partial charge >= 0.3 is 0 Å². The number of nitrogens with zero attached hydrogens (tertiary/aromatic N) is 4. The molecule has 0 amide bonds. The first-order valence-electron chi connectivity index (χ1n) is 7.67. The SMILES string of the molecule is CCC#CCN1CCN(c2ncnc3[nH]ccc23)C[C@H](O)C1. The lowest BCUT2D eigenvalue weighted by molar-refractivity contribution is 0.140. The normalized spacial score (nSPS) is 19.7. The molecule has 0 aliphatic carbocycles. The lowest BCUT2D eigenvalue weighted by Crippen LogP contribution is -2.34. The minimum atomic E-state index is -0.408. The summed E-state index contributed by atoms with van der Waals surface area (Å²) in [7, 11) is 0. The Balaban J connectivity index is 1.77. The van der Waals surface area contributed by atoms with Crippen LogP contribution in [0.3, 0.4) is 0 Å². The standard InChI is InChI=1S/C16H21N5O/c1-2-3-4-7-20-8-9-21(11-13(22)10-20)16-14-5-6-17-15(14)18-12-19-16/h5-6,12-13,22H,2,7-11H2,1H3,(H,17,18,19)/t13-/m1/s1. The molecule has 2 N–H and O–H groups in total. The van der Waals surface area contributed by atoms with E-state index in [9.17, 15) is 5.11 Å². The zero-order valence-electron chi connectivity index (χ0n) is 12.8. The summed E-state index contributed by atoms with van der Waals surface area (Å²) < 4.78 is 0. The van der Waals surface area contributed by atoms with E-state index in [1.165, 1.54) is 0 Å². The van der Waals surface area contributed by atoms with Crippen LogP contribution in [-0.4, -0.2) is 63.8 Å². The maximum Gasteiger partial charge on any atom is 0.142 e. The molecule has 0 saturated carbocycles. The van der Waals surface area contributed by atoms with Crippen molar-refractivity contribution in [3.05, 3.63) is 18.6 Å². The van der Waals surface area contributed by atoms with Gasteiger partial charge in [-0.3, -0.25) is 4.90 Å². The second-order valence-corrected chi connectivity index (χ2v) is 5.48. The van der Waals surface area contributed by atoms with Gasteiger partial charge < -0.3 is 15.0 Å². The third-order valence-electron chi connectivity index (χ3n) is 3.82. The molecule has 3 rings (SSSR count). The van der Waals surface area contributed by atoms with E-state index < -0.39 is 6.10 Å². The summed E-state index contributed by atoms with van der Waals surface area (Å²) in [6, 6.07) is 1.98. The monoisotopic (exact) mass is 299 g/mol. The van der Waals surface area contributed by atoms with Gasteiger partial charge in [0.2, 0.25) is 0 Å². The molecule has 0 radical (unpaired) electrons. The van der Waals surface area contributed by atoms with E-state index in [1.807, 2.05) is 19.2 Å². The van der Waals surface area contributed by atoms with Gasteiger partial charge in [0.15, 0.2) is 0 Å². The van der Waals surface area contributed by atoms with Crippen molar-refractivity contribution in [2.45, 2.75) is 19.4 Å². The fourth-order valence-corrected chi connectivity index (χ4v) is 2.79. The molecule has 1 atom stereocenters. The van der Waals surface area contributed by atoms with Crippen LogP contribution in [0.2, 0.25) is 0 Å². The quantitative estimate of drug-likeness (QED) is 0.805. The van der Waals surface area contributed by atoms with Gasteiger partial charge in [-0.2, -0.15) is 0 Å². The summed E-state index contributed by atoms with van der Waals surface area (Å²) in [6.07, 6.45) is 3.89. The summed E-state index contributed by atoms with van der Waals surface area (Å²) in [6.45, 7) is 5.67. The molecular weight excluding hydrogens is 278 g/mol. The molecule has 3 heterocycles. The number of aliphatic hydroxyl groups excluding tert-OH is 1. The summed E-state index contributed by atoms with van der Waals surface area (Å²) >= 11 is 0. The van der Waals surface area contributed by atoms with E-state index in [0.717, 1.165) is 36.4 Å². The van der Waals surface area contributed by atoms with E-state index in [-0.39, 0.29) is 0 Å². The van der Waals surface area contributed by atoms with Crippen LogP contribution in [0.15, 0.2) is 18.6 Å². The predicted octanol–water partition coefficient (Wildman–Crippen LogP) is 0.854. The van der Waals surface area contributed by atoms with E-state index in [1.54, 1.807) is 6.33 Å². The van der Waals surface area contributed by atoms with Gasteiger partial charge in [0.25, 0.3) is 0 Å². The molecule has 1 aliphatic rings. The Morgan fingerprint density at radius 1 is 1.32 bits per heavy atom. The van der Waals surface area contributed by atoms with Gasteiger partial charge in [-0.05, 0) is 6.07 Å². The maximum atomic E-state index is 10.3. The molecule has 1 saturated heterocycles. The first kappa shape index (κ1) is 14.8. The van der Waals surface area contributed by atoms with Crippen molar-refractivity contribution < 1.29 is 5.11 Å². The number of hydrogen-bond donors (Lipinski definition) is 2. The second kappa shape index (κ2) is 6.77. The van der Waals surface area contributed by atoms with Crippen LogP contribution in [0.25, 0.3) is 11.0 Å². The Hall–Kier alpha value is -2.10. The van der Waals surface area contributed by atoms with Gasteiger partial charge in [-0.15, -0.1) is 5.92 Å². The molecule has 6 nitrogen and oxygen atoms in total. The van der Waals surface area contributed by atoms with Gasteiger partial charge in [0.05, 0.1) is 18.0 Å². The Labute approximate surface area is 130 Å². The van der Waals surface area contributed by atoms with E-state index >= 15 is 0 Å². The maximum absolute atomic E-state index is 10.3. The number of anilines is 1. The lowest BCUT2D eigenvalue weighted by atomic mass is 10.3. The molecule has 1 aliphatic heterocycles. The van der Waals surface area contributed by atoms with E-state index in [2.05, 4.69) is 36.6 Å². The Kier molecular flexibility index (Phi) is 4.56. The average Bonchev–Trinajstić information content (AvgIpc) is 2.92. The Bertz CT molecular complexity index is 686. The molecule has 0 unspecified atom stereocenters. The lowest BCUT2D eigenvalue weighted by Gasteiger charge is -2.23. The zero-order chi connectivity index (χ0) is 15.4. The molecule has 116 valence electrons. The van der Waals surface area contributed by atoms with Crippen LogP contribution in [0.5, 0.6) is 0 Å². The van der Waals surface area contributed by atoms with Crippen LogP contribution in [-0.2, 0) is 0 Å². The van der Waals surface area contributed by atoms with Crippen molar-refractivity contribution in [2.75, 3.05) is 37.6 Å². The van der Waals surface area contributed by atoms with Crippen LogP contribution < -0.4 is 4.90 Å². The molecular formula is C16H21N5O. The fourth-order valence-electron chi connectivity index (χ4n) is 2.79. The highest BCUT2D eigenvalue weighted by Crippen LogP contribution is 2.23.